The van der Waals surface area contributed by atoms with E-state index >= 15 is 0 Å². The van der Waals surface area contributed by atoms with Crippen LogP contribution in [0.15, 0.2) is 121 Å². The molecule has 6 nitrogen and oxygen atoms in total. The average molecular weight is 804 g/mol. The van der Waals surface area contributed by atoms with Gasteiger partial charge < -0.3 is 19.6 Å². The van der Waals surface area contributed by atoms with E-state index in [1.165, 1.54) is 45.0 Å². The van der Waals surface area contributed by atoms with Crippen LogP contribution in [0.4, 0.5) is 34.1 Å². The Morgan fingerprint density at radius 1 is 0.418 bits per heavy atom. The van der Waals surface area contributed by atoms with Crippen molar-refractivity contribution in [2.75, 3.05) is 19.6 Å². The van der Waals surface area contributed by atoms with Crippen LogP contribution in [0, 0.1) is 66.3 Å². The smallest absolute Gasteiger partial charge is 0.500 e. The summed E-state index contributed by atoms with van der Waals surface area (Å²) in [6.45, 7) is 29.2. The van der Waals surface area contributed by atoms with E-state index < -0.39 is 0 Å². The molecule has 0 N–H and O–H groups in total. The fourth-order valence-electron chi connectivity index (χ4n) is 7.20. The number of benzene rings is 6. The van der Waals surface area contributed by atoms with Crippen molar-refractivity contribution in [3.8, 4) is 0 Å². The van der Waals surface area contributed by atoms with Crippen LogP contribution in [0.25, 0.3) is 9.69 Å². The van der Waals surface area contributed by atoms with Gasteiger partial charge in [-0.3, -0.25) is 0 Å². The first-order valence-electron chi connectivity index (χ1n) is 18.1. The van der Waals surface area contributed by atoms with Crippen LogP contribution in [0.5, 0.6) is 0 Å². The summed E-state index contributed by atoms with van der Waals surface area (Å²) in [4.78, 5) is 16.2. The summed E-state index contributed by atoms with van der Waals surface area (Å²) in [6, 6.07) is 49.5. The molecule has 0 aliphatic carbocycles. The molecule has 3 aliphatic rings. The van der Waals surface area contributed by atoms with Crippen molar-refractivity contribution >= 4 is 34.1 Å². The van der Waals surface area contributed by atoms with E-state index in [0.717, 1.165) is 59.8 Å². The summed E-state index contributed by atoms with van der Waals surface area (Å²) in [5.41, 5.74) is 15.5. The summed E-state index contributed by atoms with van der Waals surface area (Å²) < 4.78 is 0. The van der Waals surface area contributed by atoms with Crippen molar-refractivity contribution in [1.82, 2.24) is 0 Å². The molecule has 0 aromatic heterocycles. The number of aryl methyl sites for hydroxylation is 4. The number of fused-ring (bicyclic) bond motifs is 14. The predicted octanol–water partition coefficient (Wildman–Crippen LogP) is 11.6. The number of hydrogen-bond donors (Lipinski definition) is 0. The Morgan fingerprint density at radius 3 is 0.909 bits per heavy atom. The molecule has 0 amide bonds. The molecule has 9 rings (SSSR count). The Kier molecular flexibility index (Phi) is 12.4. The van der Waals surface area contributed by atoms with E-state index in [0.29, 0.717) is 0 Å². The third-order valence-electron chi connectivity index (χ3n) is 9.86. The summed E-state index contributed by atoms with van der Waals surface area (Å²) >= 11 is 0. The minimum absolute atomic E-state index is 0. The van der Waals surface area contributed by atoms with Gasteiger partial charge in [0.15, 0.2) is 11.4 Å². The molecule has 55 heavy (non-hydrogen) atoms. The van der Waals surface area contributed by atoms with E-state index in [2.05, 4.69) is 140 Å². The van der Waals surface area contributed by atoms with E-state index in [1.807, 2.05) is 64.1 Å². The third kappa shape index (κ3) is 8.76. The normalized spacial score (nSPS) is 13.4. The average Bonchev–Trinajstić information content (AvgIpc) is 3.69. The van der Waals surface area contributed by atoms with Crippen molar-refractivity contribution in [1.29, 1.82) is 0 Å². The number of anilines is 4. The van der Waals surface area contributed by atoms with Crippen LogP contribution < -0.4 is 19.6 Å². The molecule has 0 fully saturated rings. The van der Waals surface area contributed by atoms with E-state index in [1.54, 1.807) is 0 Å². The quantitative estimate of drug-likeness (QED) is 0.113. The summed E-state index contributed by atoms with van der Waals surface area (Å²) in [5, 5.41) is 0. The largest absolute Gasteiger partial charge is 6.00 e. The van der Waals surface area contributed by atoms with Crippen LogP contribution >= 0.6 is 0 Å². The first-order valence-corrected chi connectivity index (χ1v) is 18.1. The first-order chi connectivity index (χ1) is 26.3. The molecule has 8 bridgehead atoms. The van der Waals surface area contributed by atoms with Gasteiger partial charge in [-0.2, -0.15) is 61.9 Å². The zero-order valence-corrected chi connectivity index (χ0v) is 33.3. The second kappa shape index (κ2) is 17.5. The fourth-order valence-corrected chi connectivity index (χ4v) is 7.20. The predicted molar refractivity (Wildman–Crippen MR) is 221 cm³/mol. The van der Waals surface area contributed by atoms with Gasteiger partial charge in [0, 0.05) is 22.7 Å². The standard InChI is InChI=1S/C30H24N4.2C9H9N.Ru/c1-2-12-28-27(11-1)31-17-23-7-5-9-25(15-23)19-33-22-34(30-14-4-3-13-29(30)33)20-26-10-6-8-24(16-26)18-32(28)21-31;2*1-7-5-4-6-8(2)9(7)10-3;/h1-14,21-22H,17-20H2;2*4-6H,1-2H3;/q-4;;;+6. The Bertz CT molecular complexity index is 2070. The Labute approximate surface area is 339 Å². The van der Waals surface area contributed by atoms with E-state index in [-0.39, 0.29) is 19.5 Å². The van der Waals surface area contributed by atoms with E-state index in [4.69, 9.17) is 13.1 Å². The van der Waals surface area contributed by atoms with Crippen LogP contribution in [0.3, 0.4) is 0 Å². The first kappa shape index (κ1) is 38.8. The second-order valence-corrected chi connectivity index (χ2v) is 13.8. The number of rotatable bonds is 0. The maximum absolute atomic E-state index is 6.85. The van der Waals surface area contributed by atoms with Crippen LogP contribution in [-0.4, -0.2) is 0 Å². The van der Waals surface area contributed by atoms with Crippen LogP contribution in [0.2, 0.25) is 0 Å². The number of hydrogen-bond acceptors (Lipinski definition) is 4. The minimum Gasteiger partial charge on any atom is -0.500 e. The van der Waals surface area contributed by atoms with Gasteiger partial charge in [0.25, 0.3) is 0 Å². The number of para-hydroxylation sites is 6. The Hall–Kier alpha value is -5.88. The molecular weight excluding hydrogens is 762 g/mol. The van der Waals surface area contributed by atoms with Crippen molar-refractivity contribution in [3.05, 3.63) is 214 Å². The maximum atomic E-state index is 6.85. The maximum Gasteiger partial charge on any atom is 6.00 e. The Balaban J connectivity index is 0.000000201. The molecule has 6 aromatic carbocycles. The van der Waals surface area contributed by atoms with Crippen molar-refractivity contribution in [2.24, 2.45) is 0 Å². The van der Waals surface area contributed by atoms with Gasteiger partial charge in [-0.15, -0.1) is 22.3 Å². The molecule has 3 aliphatic heterocycles. The van der Waals surface area contributed by atoms with Gasteiger partial charge in [0.05, 0.1) is 13.1 Å². The van der Waals surface area contributed by atoms with Gasteiger partial charge in [-0.1, -0.05) is 60.7 Å². The molecule has 0 saturated carbocycles. The number of nitrogens with zero attached hydrogens (tertiary/aromatic N) is 6. The van der Waals surface area contributed by atoms with Crippen molar-refractivity contribution < 1.29 is 19.5 Å². The van der Waals surface area contributed by atoms with Gasteiger partial charge >= 0.3 is 19.5 Å². The third-order valence-corrected chi connectivity index (χ3v) is 9.86. The molecule has 7 heteroatoms. The summed E-state index contributed by atoms with van der Waals surface area (Å²) in [5.74, 6) is 0. The molecule has 0 unspecified atom stereocenters. The van der Waals surface area contributed by atoms with Gasteiger partial charge in [-0.05, 0) is 100 Å². The van der Waals surface area contributed by atoms with Crippen LogP contribution in [-0.2, 0) is 45.7 Å². The minimum atomic E-state index is 0. The van der Waals surface area contributed by atoms with Gasteiger partial charge in [-0.25, -0.2) is 9.69 Å². The molecule has 0 radical (unpaired) electrons. The van der Waals surface area contributed by atoms with Crippen molar-refractivity contribution in [2.45, 2.75) is 53.9 Å². The zero-order chi connectivity index (χ0) is 37.6. The topological polar surface area (TPSA) is 21.7 Å². The SMILES string of the molecule is [C-]#[N+]c1c(C)cccc1C.[C-]#[N+]c1c(C)cccc1C.[Ru+6].[c-]1c2cccc1CN1[CH-]N(Cc3[c-]c(ccc3)CN3[CH-]N(C2)c2ccccc23)c2ccccc21. The summed E-state index contributed by atoms with van der Waals surface area (Å²) in [6.07, 6.45) is 0. The van der Waals surface area contributed by atoms with Crippen LogP contribution in [0.1, 0.15) is 44.5 Å². The van der Waals surface area contributed by atoms with E-state index in [9.17, 15) is 0 Å². The van der Waals surface area contributed by atoms with Crippen molar-refractivity contribution in [3.63, 3.8) is 0 Å². The Morgan fingerprint density at radius 2 is 0.673 bits per heavy atom. The molecule has 0 spiro atoms. The second-order valence-electron chi connectivity index (χ2n) is 13.8. The molecule has 0 saturated heterocycles. The monoisotopic (exact) mass is 804 g/mol. The zero-order valence-electron chi connectivity index (χ0n) is 31.6. The van der Waals surface area contributed by atoms with Gasteiger partial charge in [0.2, 0.25) is 0 Å². The molecule has 0 atom stereocenters. The molecule has 6 aromatic rings. The summed E-state index contributed by atoms with van der Waals surface area (Å²) in [7, 11) is 0. The molecular formula is C48H42N6Ru+2. The van der Waals surface area contributed by atoms with Gasteiger partial charge in [0.1, 0.15) is 0 Å². The fraction of sp³-hybridized carbons (Fsp3) is 0.167. The molecule has 270 valence electrons. The molecule has 3 heterocycles.